The van der Waals surface area contributed by atoms with E-state index >= 15 is 0 Å². The topological polar surface area (TPSA) is 159 Å². The predicted octanol–water partition coefficient (Wildman–Crippen LogP) is 4.90. The van der Waals surface area contributed by atoms with Gasteiger partial charge in [0.05, 0.1) is 24.7 Å². The fourth-order valence-electron chi connectivity index (χ4n) is 3.51. The molecule has 4 heterocycles. The third-order valence-corrected chi connectivity index (χ3v) is 5.13. The molecule has 4 aromatic rings. The number of primary amides is 1. The van der Waals surface area contributed by atoms with Gasteiger partial charge in [0, 0.05) is 18.5 Å². The standard InChI is InChI=1S/C24H26ClN5O6/c1-12(29-23(32)36-24(2,3)4)8-15-18(22-28-11-16(35-22)21(26)31)19-20(34-15)14(9-17(25)30-19)27-10-13-6-5-7-33-13/h5-7,9,11-12H,8,10H2,1-4H3,(H2,26,31)(H,27,30)(H,29,32)/t12-/m0/s1. The number of hydrogen-bond acceptors (Lipinski definition) is 9. The van der Waals surface area contributed by atoms with Crippen LogP contribution in [0.5, 0.6) is 0 Å². The molecule has 2 amide bonds. The van der Waals surface area contributed by atoms with Crippen LogP contribution >= 0.6 is 11.6 Å². The van der Waals surface area contributed by atoms with E-state index in [0.29, 0.717) is 40.4 Å². The molecular formula is C24H26ClN5O6. The summed E-state index contributed by atoms with van der Waals surface area (Å²) in [5, 5.41) is 6.21. The summed E-state index contributed by atoms with van der Waals surface area (Å²) in [4.78, 5) is 32.5. The molecule has 4 rings (SSSR count). The molecule has 4 N–H and O–H groups in total. The molecule has 0 aliphatic carbocycles. The van der Waals surface area contributed by atoms with E-state index in [2.05, 4.69) is 20.6 Å². The number of aromatic nitrogens is 2. The maximum absolute atomic E-state index is 12.3. The van der Waals surface area contributed by atoms with E-state index in [1.807, 2.05) is 6.07 Å². The number of ether oxygens (including phenoxy) is 1. The lowest BCUT2D eigenvalue weighted by Gasteiger charge is -2.21. The zero-order chi connectivity index (χ0) is 26.0. The third kappa shape index (κ3) is 5.80. The summed E-state index contributed by atoms with van der Waals surface area (Å²) in [5.41, 5.74) is 6.39. The van der Waals surface area contributed by atoms with Gasteiger partial charge in [-0.05, 0) is 39.8 Å². The lowest BCUT2D eigenvalue weighted by Crippen LogP contribution is -2.38. The number of carbonyl (C=O) groups excluding carboxylic acids is 2. The van der Waals surface area contributed by atoms with Gasteiger partial charge in [0.25, 0.3) is 5.91 Å². The quantitative estimate of drug-likeness (QED) is 0.277. The maximum atomic E-state index is 12.3. The molecule has 11 nitrogen and oxygen atoms in total. The minimum absolute atomic E-state index is 0.0776. The van der Waals surface area contributed by atoms with Gasteiger partial charge in [0.2, 0.25) is 11.7 Å². The minimum Gasteiger partial charge on any atom is -0.467 e. The summed E-state index contributed by atoms with van der Waals surface area (Å²) >= 11 is 6.33. The van der Waals surface area contributed by atoms with Gasteiger partial charge in [-0.15, -0.1) is 0 Å². The van der Waals surface area contributed by atoms with Crippen molar-refractivity contribution >= 4 is 40.4 Å². The number of halogens is 1. The highest BCUT2D eigenvalue weighted by molar-refractivity contribution is 6.30. The Balaban J connectivity index is 1.73. The second kappa shape index (κ2) is 9.94. The van der Waals surface area contributed by atoms with Crippen molar-refractivity contribution in [2.24, 2.45) is 5.73 Å². The molecule has 0 radical (unpaired) electrons. The molecule has 0 aliphatic heterocycles. The third-order valence-electron chi connectivity index (χ3n) is 4.93. The monoisotopic (exact) mass is 515 g/mol. The fraction of sp³-hybridized carbons (Fsp3) is 0.333. The number of nitrogens with one attached hydrogen (secondary N) is 2. The normalized spacial score (nSPS) is 12.5. The molecule has 0 aliphatic rings. The number of nitrogens with zero attached hydrogens (tertiary/aromatic N) is 2. The van der Waals surface area contributed by atoms with Gasteiger partial charge in [0.15, 0.2) is 5.58 Å². The Kier molecular flexibility index (Phi) is 6.93. The average Bonchev–Trinajstić information content (AvgIpc) is 3.50. The molecule has 0 fully saturated rings. The van der Waals surface area contributed by atoms with Crippen molar-refractivity contribution in [3.63, 3.8) is 0 Å². The van der Waals surface area contributed by atoms with Gasteiger partial charge >= 0.3 is 6.09 Å². The Morgan fingerprint density at radius 1 is 1.28 bits per heavy atom. The average molecular weight is 516 g/mol. The minimum atomic E-state index is -0.769. The van der Waals surface area contributed by atoms with E-state index in [1.165, 1.54) is 6.20 Å². The van der Waals surface area contributed by atoms with Crippen molar-refractivity contribution in [3.05, 3.63) is 53.1 Å². The molecule has 12 heteroatoms. The highest BCUT2D eigenvalue weighted by Gasteiger charge is 2.27. The van der Waals surface area contributed by atoms with Crippen LogP contribution in [0.4, 0.5) is 10.5 Å². The Morgan fingerprint density at radius 3 is 2.69 bits per heavy atom. The largest absolute Gasteiger partial charge is 0.467 e. The smallest absolute Gasteiger partial charge is 0.407 e. The number of carbonyl (C=O) groups is 2. The van der Waals surface area contributed by atoms with Crippen molar-refractivity contribution in [2.45, 2.75) is 52.3 Å². The molecule has 4 aromatic heterocycles. The first-order valence-electron chi connectivity index (χ1n) is 11.1. The van der Waals surface area contributed by atoms with E-state index in [0.717, 1.165) is 0 Å². The van der Waals surface area contributed by atoms with Crippen LogP contribution in [-0.2, 0) is 17.7 Å². The summed E-state index contributed by atoms with van der Waals surface area (Å²) in [7, 11) is 0. The van der Waals surface area contributed by atoms with Gasteiger partial charge in [-0.2, -0.15) is 0 Å². The van der Waals surface area contributed by atoms with Gasteiger partial charge in [-0.1, -0.05) is 11.6 Å². The van der Waals surface area contributed by atoms with Crippen molar-refractivity contribution in [1.29, 1.82) is 0 Å². The number of furan rings is 2. The highest BCUT2D eigenvalue weighted by Crippen LogP contribution is 2.39. The van der Waals surface area contributed by atoms with E-state index < -0.39 is 23.6 Å². The molecule has 0 spiro atoms. The number of pyridine rings is 1. The summed E-state index contributed by atoms with van der Waals surface area (Å²) in [5.74, 6) is 0.298. The second-order valence-electron chi connectivity index (χ2n) is 9.15. The van der Waals surface area contributed by atoms with Crippen LogP contribution in [0.3, 0.4) is 0 Å². The van der Waals surface area contributed by atoms with E-state index in [-0.39, 0.29) is 23.2 Å². The Hall–Kier alpha value is -3.99. The predicted molar refractivity (Wildman–Crippen MR) is 132 cm³/mol. The zero-order valence-corrected chi connectivity index (χ0v) is 20.9. The van der Waals surface area contributed by atoms with Crippen LogP contribution in [0, 0.1) is 0 Å². The lowest BCUT2D eigenvalue weighted by molar-refractivity contribution is 0.0507. The zero-order valence-electron chi connectivity index (χ0n) is 20.2. The molecule has 0 saturated carbocycles. The summed E-state index contributed by atoms with van der Waals surface area (Å²) in [6, 6.07) is 4.83. The van der Waals surface area contributed by atoms with E-state index in [4.69, 9.17) is 35.3 Å². The van der Waals surface area contributed by atoms with Crippen molar-refractivity contribution < 1.29 is 27.6 Å². The molecule has 1 atom stereocenters. The number of fused-ring (bicyclic) bond motifs is 1. The van der Waals surface area contributed by atoms with Crippen molar-refractivity contribution in [3.8, 4) is 11.5 Å². The molecule has 36 heavy (non-hydrogen) atoms. The number of hydrogen-bond donors (Lipinski definition) is 3. The first kappa shape index (κ1) is 25.1. The van der Waals surface area contributed by atoms with Crippen LogP contribution in [-0.4, -0.2) is 33.6 Å². The number of oxazole rings is 1. The van der Waals surface area contributed by atoms with Crippen LogP contribution in [0.2, 0.25) is 5.15 Å². The molecule has 0 unspecified atom stereocenters. The first-order chi connectivity index (χ1) is 17.0. The molecule has 190 valence electrons. The Morgan fingerprint density at radius 2 is 2.06 bits per heavy atom. The molecule has 0 saturated heterocycles. The highest BCUT2D eigenvalue weighted by atomic mass is 35.5. The van der Waals surface area contributed by atoms with Crippen LogP contribution in [0.15, 0.2) is 43.9 Å². The Labute approximate surface area is 211 Å². The number of nitrogens with two attached hydrogens (primary N) is 1. The van der Waals surface area contributed by atoms with E-state index in [9.17, 15) is 9.59 Å². The number of anilines is 1. The number of alkyl carbamates (subject to hydrolysis) is 1. The van der Waals surface area contributed by atoms with E-state index in [1.54, 1.807) is 46.1 Å². The summed E-state index contributed by atoms with van der Waals surface area (Å²) in [6.07, 6.45) is 2.46. The number of rotatable bonds is 8. The van der Waals surface area contributed by atoms with Crippen LogP contribution in [0.25, 0.3) is 22.6 Å². The Bertz CT molecular complexity index is 1390. The molecular weight excluding hydrogens is 490 g/mol. The second-order valence-corrected chi connectivity index (χ2v) is 9.54. The summed E-state index contributed by atoms with van der Waals surface area (Å²) < 4.78 is 22.5. The van der Waals surface area contributed by atoms with Gasteiger partial charge in [-0.3, -0.25) is 4.79 Å². The molecule has 0 bridgehead atoms. The fourth-order valence-corrected chi connectivity index (χ4v) is 3.71. The van der Waals surface area contributed by atoms with Crippen molar-refractivity contribution in [2.75, 3.05) is 5.32 Å². The van der Waals surface area contributed by atoms with Gasteiger partial charge in [0.1, 0.15) is 33.4 Å². The summed E-state index contributed by atoms with van der Waals surface area (Å²) in [6.45, 7) is 7.50. The van der Waals surface area contributed by atoms with Crippen LogP contribution in [0.1, 0.15) is 49.8 Å². The number of amides is 2. The van der Waals surface area contributed by atoms with Gasteiger partial charge < -0.3 is 34.4 Å². The van der Waals surface area contributed by atoms with Crippen LogP contribution < -0.4 is 16.4 Å². The van der Waals surface area contributed by atoms with Crippen molar-refractivity contribution in [1.82, 2.24) is 15.3 Å². The maximum Gasteiger partial charge on any atom is 0.407 e. The van der Waals surface area contributed by atoms with Gasteiger partial charge in [-0.25, -0.2) is 14.8 Å². The molecule has 0 aromatic carbocycles. The first-order valence-corrected chi connectivity index (χ1v) is 11.5. The lowest BCUT2D eigenvalue weighted by atomic mass is 10.1. The SMILES string of the molecule is C[C@@H](Cc1oc2c(NCc3ccco3)cc(Cl)nc2c1-c1ncc(C(N)=O)o1)NC(=O)OC(C)(C)C.